The van der Waals surface area contributed by atoms with E-state index in [9.17, 15) is 31.8 Å². The summed E-state index contributed by atoms with van der Waals surface area (Å²) in [4.78, 5) is 36.6. The van der Waals surface area contributed by atoms with Crippen molar-refractivity contribution < 1.29 is 36.5 Å². The average molecular weight is 456 g/mol. The number of ether oxygens (including phenoxy) is 1. The molecule has 0 aliphatic rings. The van der Waals surface area contributed by atoms with Gasteiger partial charge in [-0.1, -0.05) is 19.1 Å². The highest BCUT2D eigenvalue weighted by Crippen LogP contribution is 2.19. The van der Waals surface area contributed by atoms with E-state index in [1.165, 1.54) is 19.1 Å². The summed E-state index contributed by atoms with van der Waals surface area (Å²) in [5.41, 5.74) is -0.549. The van der Waals surface area contributed by atoms with E-state index in [1.807, 2.05) is 5.32 Å². The largest absolute Gasteiger partial charge is 0.449 e. The van der Waals surface area contributed by atoms with Crippen molar-refractivity contribution in [3.63, 3.8) is 0 Å². The van der Waals surface area contributed by atoms with E-state index >= 15 is 0 Å². The van der Waals surface area contributed by atoms with Gasteiger partial charge in [-0.05, 0) is 31.2 Å². The minimum atomic E-state index is -1.74. The Morgan fingerprint density at radius 1 is 1.06 bits per heavy atom. The Kier molecular flexibility index (Phi) is 8.31. The summed E-state index contributed by atoms with van der Waals surface area (Å²) >= 11 is 0. The third kappa shape index (κ3) is 6.14. The second kappa shape index (κ2) is 10.7. The van der Waals surface area contributed by atoms with Crippen molar-refractivity contribution in [2.75, 3.05) is 17.6 Å². The number of rotatable bonds is 8. The van der Waals surface area contributed by atoms with E-state index < -0.39 is 64.4 Å². The minimum absolute atomic E-state index is 0.0499. The molecule has 0 heterocycles. The van der Waals surface area contributed by atoms with Gasteiger partial charge in [0.25, 0.3) is 5.91 Å². The number of carbonyl (C=O) groups is 3. The third-order valence-corrected chi connectivity index (χ3v) is 5.37. The van der Waals surface area contributed by atoms with Crippen LogP contribution in [-0.4, -0.2) is 40.4 Å². The fourth-order valence-corrected chi connectivity index (χ4v) is 3.33. The summed E-state index contributed by atoms with van der Waals surface area (Å²) in [5.74, 6) is -7.06. The summed E-state index contributed by atoms with van der Waals surface area (Å²) in [5, 5.41) is 4.16. The van der Waals surface area contributed by atoms with Gasteiger partial charge in [0.1, 0.15) is 0 Å². The SMILES string of the molecule is CCS(=O)c1ccccc1C(=O)OC(C)C(=O)NCC(=O)Nc1ccc(F)c(F)c1F. The Balaban J connectivity index is 1.93. The van der Waals surface area contributed by atoms with Gasteiger partial charge in [0.2, 0.25) is 5.91 Å². The number of halogens is 3. The zero-order chi connectivity index (χ0) is 23.1. The molecule has 2 N–H and O–H groups in total. The van der Waals surface area contributed by atoms with E-state index in [-0.39, 0.29) is 16.2 Å². The van der Waals surface area contributed by atoms with E-state index in [1.54, 1.807) is 19.1 Å². The Labute approximate surface area is 178 Å². The van der Waals surface area contributed by atoms with E-state index in [0.29, 0.717) is 6.07 Å². The Morgan fingerprint density at radius 3 is 2.42 bits per heavy atom. The number of esters is 1. The third-order valence-electron chi connectivity index (χ3n) is 4.00. The van der Waals surface area contributed by atoms with Crippen molar-refractivity contribution in [3.05, 3.63) is 59.4 Å². The van der Waals surface area contributed by atoms with Crippen LogP contribution in [0.25, 0.3) is 0 Å². The lowest BCUT2D eigenvalue weighted by atomic mass is 10.2. The van der Waals surface area contributed by atoms with Gasteiger partial charge in [0, 0.05) is 5.75 Å². The number of amides is 2. The molecule has 0 aliphatic heterocycles. The fraction of sp³-hybridized carbons (Fsp3) is 0.250. The first-order valence-electron chi connectivity index (χ1n) is 9.05. The van der Waals surface area contributed by atoms with Gasteiger partial charge in [-0.15, -0.1) is 0 Å². The number of hydrogen-bond acceptors (Lipinski definition) is 5. The van der Waals surface area contributed by atoms with Crippen LogP contribution in [0.3, 0.4) is 0 Å². The number of carbonyl (C=O) groups excluding carboxylic acids is 3. The molecule has 31 heavy (non-hydrogen) atoms. The van der Waals surface area contributed by atoms with Gasteiger partial charge < -0.3 is 15.4 Å². The number of anilines is 1. The van der Waals surface area contributed by atoms with E-state index in [0.717, 1.165) is 6.07 Å². The van der Waals surface area contributed by atoms with Gasteiger partial charge in [-0.3, -0.25) is 13.8 Å². The molecule has 0 saturated carbocycles. The lowest BCUT2D eigenvalue weighted by Gasteiger charge is -2.15. The van der Waals surface area contributed by atoms with Gasteiger partial charge >= 0.3 is 5.97 Å². The molecule has 2 atom stereocenters. The molecule has 0 fully saturated rings. The van der Waals surface area contributed by atoms with Crippen LogP contribution >= 0.6 is 0 Å². The normalized spacial score (nSPS) is 12.5. The molecule has 0 saturated heterocycles. The fourth-order valence-electron chi connectivity index (χ4n) is 2.39. The van der Waals surface area contributed by atoms with Crippen LogP contribution in [0.15, 0.2) is 41.3 Å². The molecule has 0 aromatic heterocycles. The topological polar surface area (TPSA) is 102 Å². The molecule has 2 aromatic carbocycles. The summed E-state index contributed by atoms with van der Waals surface area (Å²) in [7, 11) is -1.42. The molecule has 0 bridgehead atoms. The molecule has 0 spiro atoms. The first kappa shape index (κ1) is 24.1. The van der Waals surface area contributed by atoms with Gasteiger partial charge in [-0.25, -0.2) is 18.0 Å². The number of hydrogen-bond donors (Lipinski definition) is 2. The molecule has 2 unspecified atom stereocenters. The molecule has 2 aromatic rings. The molecular weight excluding hydrogens is 437 g/mol. The predicted octanol–water partition coefficient (Wildman–Crippen LogP) is 2.53. The Bertz CT molecular complexity index is 1030. The monoisotopic (exact) mass is 456 g/mol. The number of benzene rings is 2. The van der Waals surface area contributed by atoms with E-state index in [2.05, 4.69) is 5.32 Å². The lowest BCUT2D eigenvalue weighted by molar-refractivity contribution is -0.130. The summed E-state index contributed by atoms with van der Waals surface area (Å²) in [6, 6.07) is 7.57. The average Bonchev–Trinajstić information content (AvgIpc) is 2.77. The molecule has 0 radical (unpaired) electrons. The van der Waals surface area contributed by atoms with Crippen molar-refractivity contribution in [1.82, 2.24) is 5.32 Å². The van der Waals surface area contributed by atoms with Crippen molar-refractivity contribution in [3.8, 4) is 0 Å². The smallest absolute Gasteiger partial charge is 0.340 e. The maximum atomic E-state index is 13.6. The molecule has 11 heteroatoms. The second-order valence-corrected chi connectivity index (χ2v) is 7.88. The summed E-state index contributed by atoms with van der Waals surface area (Å²) in [6.07, 6.45) is -1.30. The zero-order valence-electron chi connectivity index (χ0n) is 16.5. The lowest BCUT2D eigenvalue weighted by Crippen LogP contribution is -2.40. The Morgan fingerprint density at radius 2 is 1.74 bits per heavy atom. The first-order valence-corrected chi connectivity index (χ1v) is 10.4. The maximum absolute atomic E-state index is 13.6. The van der Waals surface area contributed by atoms with Gasteiger partial charge in [-0.2, -0.15) is 0 Å². The van der Waals surface area contributed by atoms with E-state index in [4.69, 9.17) is 4.74 Å². The van der Waals surface area contributed by atoms with Crippen molar-refractivity contribution in [1.29, 1.82) is 0 Å². The standard InChI is InChI=1S/C20H19F3N2O5S/c1-3-31(29)15-7-5-4-6-12(15)20(28)30-11(2)19(27)24-10-16(26)25-14-9-8-13(21)17(22)18(14)23/h4-9,11H,3,10H2,1-2H3,(H,24,27)(H,25,26). The van der Waals surface area contributed by atoms with Crippen molar-refractivity contribution in [2.24, 2.45) is 0 Å². The molecule has 166 valence electrons. The van der Waals surface area contributed by atoms with Crippen LogP contribution in [-0.2, 0) is 25.1 Å². The first-order chi connectivity index (χ1) is 14.6. The van der Waals surface area contributed by atoms with Crippen LogP contribution in [0, 0.1) is 17.5 Å². The van der Waals surface area contributed by atoms with Crippen molar-refractivity contribution in [2.45, 2.75) is 24.8 Å². The quantitative estimate of drug-likeness (QED) is 0.470. The second-order valence-electron chi connectivity index (χ2n) is 6.17. The summed E-state index contributed by atoms with van der Waals surface area (Å²) in [6.45, 7) is 2.31. The Hall–Kier alpha value is -3.21. The molecular formula is C20H19F3N2O5S. The molecule has 0 aliphatic carbocycles. The highest BCUT2D eigenvalue weighted by molar-refractivity contribution is 7.85. The maximum Gasteiger partial charge on any atom is 0.340 e. The molecule has 2 amide bonds. The highest BCUT2D eigenvalue weighted by Gasteiger charge is 2.23. The number of nitrogens with one attached hydrogen (secondary N) is 2. The van der Waals surface area contributed by atoms with Crippen LogP contribution in [0.5, 0.6) is 0 Å². The van der Waals surface area contributed by atoms with Crippen LogP contribution in [0.4, 0.5) is 18.9 Å². The zero-order valence-corrected chi connectivity index (χ0v) is 17.4. The van der Waals surface area contributed by atoms with Crippen LogP contribution < -0.4 is 10.6 Å². The summed E-state index contributed by atoms with van der Waals surface area (Å²) < 4.78 is 56.8. The van der Waals surface area contributed by atoms with Crippen molar-refractivity contribution >= 4 is 34.3 Å². The van der Waals surface area contributed by atoms with Crippen LogP contribution in [0.1, 0.15) is 24.2 Å². The minimum Gasteiger partial charge on any atom is -0.449 e. The highest BCUT2D eigenvalue weighted by atomic mass is 32.2. The molecule has 2 rings (SSSR count). The van der Waals surface area contributed by atoms with Gasteiger partial charge in [0.15, 0.2) is 23.6 Å². The van der Waals surface area contributed by atoms with Crippen LogP contribution in [0.2, 0.25) is 0 Å². The van der Waals surface area contributed by atoms with Gasteiger partial charge in [0.05, 0.1) is 33.5 Å². The molecule has 7 nitrogen and oxygen atoms in total. The predicted molar refractivity (Wildman–Crippen MR) is 106 cm³/mol.